The summed E-state index contributed by atoms with van der Waals surface area (Å²) in [6, 6.07) is 0. The van der Waals surface area contributed by atoms with Gasteiger partial charge in [0.25, 0.3) is 0 Å². The number of rotatable bonds is 4. The number of unbranched alkanes of at least 4 members (excludes halogenated alkanes) is 2. The van der Waals surface area contributed by atoms with Gasteiger partial charge in [-0.25, -0.2) is 0 Å². The minimum atomic E-state index is 0. The maximum Gasteiger partial charge on any atom is -0.0414 e. The molecule has 1 fully saturated rings. The molecule has 1 heteroatoms. The predicted molar refractivity (Wildman–Crippen MR) is 54.3 cm³/mol. The van der Waals surface area contributed by atoms with Crippen LogP contribution in [0.25, 0.3) is 0 Å². The molecule has 1 nitrogen and oxygen atoms in total. The Kier molecular flexibility index (Phi) is 7.58. The van der Waals surface area contributed by atoms with Crippen molar-refractivity contribution in [3.05, 3.63) is 0 Å². The molecular weight excluding hydrogens is 148 g/mol. The molecule has 0 aromatic heterocycles. The Labute approximate surface area is 76.9 Å². The van der Waals surface area contributed by atoms with Crippen molar-refractivity contribution in [2.45, 2.75) is 64.7 Å². The van der Waals surface area contributed by atoms with Gasteiger partial charge in [0.15, 0.2) is 0 Å². The van der Waals surface area contributed by atoms with Crippen molar-refractivity contribution < 1.29 is 5.48 Å². The highest BCUT2D eigenvalue weighted by Crippen LogP contribution is 2.27. The lowest BCUT2D eigenvalue weighted by Gasteiger charge is -2.20. The van der Waals surface area contributed by atoms with E-state index in [9.17, 15) is 0 Å². The van der Waals surface area contributed by atoms with Crippen molar-refractivity contribution >= 4 is 0 Å². The van der Waals surface area contributed by atoms with Crippen molar-refractivity contribution in [3.8, 4) is 0 Å². The van der Waals surface area contributed by atoms with Crippen LogP contribution >= 0.6 is 0 Å². The molecule has 0 bridgehead atoms. The zero-order valence-corrected chi connectivity index (χ0v) is 8.44. The summed E-state index contributed by atoms with van der Waals surface area (Å²) < 4.78 is 0. The molecule has 1 aliphatic carbocycles. The molecule has 1 saturated carbocycles. The first kappa shape index (κ1) is 12.0. The van der Waals surface area contributed by atoms with E-state index in [0.717, 1.165) is 5.92 Å². The molecule has 0 atom stereocenters. The summed E-state index contributed by atoms with van der Waals surface area (Å²) in [5.41, 5.74) is 0. The Bertz CT molecular complexity index is 85.0. The van der Waals surface area contributed by atoms with Crippen LogP contribution in [0.5, 0.6) is 0 Å². The molecule has 0 amide bonds. The van der Waals surface area contributed by atoms with Gasteiger partial charge in [0.2, 0.25) is 0 Å². The molecule has 0 spiro atoms. The first-order valence-electron chi connectivity index (χ1n) is 5.43. The number of hydrogen-bond acceptors (Lipinski definition) is 0. The Hall–Kier alpha value is -0.0400. The third kappa shape index (κ3) is 4.76. The monoisotopic (exact) mass is 172 g/mol. The average Bonchev–Trinajstić information content (AvgIpc) is 2.07. The van der Waals surface area contributed by atoms with Crippen LogP contribution in [-0.4, -0.2) is 5.48 Å². The van der Waals surface area contributed by atoms with Crippen LogP contribution in [0, 0.1) is 5.92 Å². The van der Waals surface area contributed by atoms with E-state index in [1.807, 2.05) is 0 Å². The van der Waals surface area contributed by atoms with Crippen LogP contribution in [0.3, 0.4) is 0 Å². The molecule has 2 N–H and O–H groups in total. The highest BCUT2D eigenvalue weighted by molar-refractivity contribution is 4.65. The molecule has 0 radical (unpaired) electrons. The minimum Gasteiger partial charge on any atom is -0.412 e. The summed E-state index contributed by atoms with van der Waals surface area (Å²) in [5, 5.41) is 0. The maximum atomic E-state index is 2.29. The van der Waals surface area contributed by atoms with E-state index in [-0.39, 0.29) is 5.48 Å². The SMILES string of the molecule is CCCCCC1CCCCC1.O. The van der Waals surface area contributed by atoms with Gasteiger partial charge in [-0.2, -0.15) is 0 Å². The van der Waals surface area contributed by atoms with E-state index >= 15 is 0 Å². The van der Waals surface area contributed by atoms with Crippen LogP contribution in [-0.2, 0) is 0 Å². The molecule has 1 aliphatic rings. The summed E-state index contributed by atoms with van der Waals surface area (Å²) in [6.45, 7) is 2.29. The summed E-state index contributed by atoms with van der Waals surface area (Å²) >= 11 is 0. The zero-order chi connectivity index (χ0) is 7.94. The fourth-order valence-corrected chi connectivity index (χ4v) is 2.16. The van der Waals surface area contributed by atoms with Crippen molar-refractivity contribution in [2.75, 3.05) is 0 Å². The third-order valence-corrected chi connectivity index (χ3v) is 2.94. The minimum absolute atomic E-state index is 0. The molecule has 0 unspecified atom stereocenters. The Morgan fingerprint density at radius 1 is 1.00 bits per heavy atom. The topological polar surface area (TPSA) is 31.5 Å². The lowest BCUT2D eigenvalue weighted by molar-refractivity contribution is 0.329. The first-order valence-corrected chi connectivity index (χ1v) is 5.43. The van der Waals surface area contributed by atoms with E-state index in [1.165, 1.54) is 57.8 Å². The molecule has 0 aliphatic heterocycles. The van der Waals surface area contributed by atoms with Gasteiger partial charge in [0.05, 0.1) is 0 Å². The fourth-order valence-electron chi connectivity index (χ4n) is 2.16. The van der Waals surface area contributed by atoms with Crippen molar-refractivity contribution in [3.63, 3.8) is 0 Å². The van der Waals surface area contributed by atoms with Crippen LogP contribution in [0.1, 0.15) is 64.7 Å². The average molecular weight is 172 g/mol. The Morgan fingerprint density at radius 2 is 1.67 bits per heavy atom. The standard InChI is InChI=1S/C11H22.H2O/c1-2-3-5-8-11-9-6-4-7-10-11;/h11H,2-10H2,1H3;1H2. The summed E-state index contributed by atoms with van der Waals surface area (Å²) in [6.07, 6.45) is 13.4. The second kappa shape index (κ2) is 7.60. The van der Waals surface area contributed by atoms with Crippen LogP contribution < -0.4 is 0 Å². The van der Waals surface area contributed by atoms with Crippen molar-refractivity contribution in [1.82, 2.24) is 0 Å². The molecule has 0 aromatic carbocycles. The van der Waals surface area contributed by atoms with Gasteiger partial charge in [-0.3, -0.25) is 0 Å². The lowest BCUT2D eigenvalue weighted by Crippen LogP contribution is -2.05. The van der Waals surface area contributed by atoms with E-state index < -0.39 is 0 Å². The fraction of sp³-hybridized carbons (Fsp3) is 1.00. The van der Waals surface area contributed by atoms with Gasteiger partial charge in [-0.1, -0.05) is 64.7 Å². The van der Waals surface area contributed by atoms with E-state index in [2.05, 4.69) is 6.92 Å². The molecule has 12 heavy (non-hydrogen) atoms. The van der Waals surface area contributed by atoms with Gasteiger partial charge in [-0.15, -0.1) is 0 Å². The van der Waals surface area contributed by atoms with E-state index in [0.29, 0.717) is 0 Å². The quantitative estimate of drug-likeness (QED) is 0.583. The number of hydrogen-bond donors (Lipinski definition) is 0. The predicted octanol–water partition coefficient (Wildman–Crippen LogP) is 3.32. The molecule has 0 saturated heterocycles. The van der Waals surface area contributed by atoms with Gasteiger partial charge >= 0.3 is 0 Å². The Morgan fingerprint density at radius 3 is 2.25 bits per heavy atom. The largest absolute Gasteiger partial charge is 0.412 e. The van der Waals surface area contributed by atoms with Crippen LogP contribution in [0.4, 0.5) is 0 Å². The normalized spacial score (nSPS) is 18.8. The second-order valence-electron chi connectivity index (χ2n) is 4.00. The molecule has 1 rings (SSSR count). The highest BCUT2D eigenvalue weighted by atomic mass is 16.0. The summed E-state index contributed by atoms with van der Waals surface area (Å²) in [7, 11) is 0. The van der Waals surface area contributed by atoms with Gasteiger partial charge in [-0.05, 0) is 5.92 Å². The maximum absolute atomic E-state index is 2.29. The van der Waals surface area contributed by atoms with Gasteiger partial charge in [0.1, 0.15) is 0 Å². The first-order chi connectivity index (χ1) is 5.43. The lowest BCUT2D eigenvalue weighted by atomic mass is 9.86. The van der Waals surface area contributed by atoms with E-state index in [1.54, 1.807) is 0 Å². The summed E-state index contributed by atoms with van der Waals surface area (Å²) in [4.78, 5) is 0. The molecule has 0 heterocycles. The van der Waals surface area contributed by atoms with Crippen molar-refractivity contribution in [2.24, 2.45) is 5.92 Å². The smallest absolute Gasteiger partial charge is 0.0414 e. The summed E-state index contributed by atoms with van der Waals surface area (Å²) in [5.74, 6) is 1.11. The highest BCUT2D eigenvalue weighted by Gasteiger charge is 2.11. The van der Waals surface area contributed by atoms with Gasteiger partial charge in [0, 0.05) is 0 Å². The molecular formula is C11H24O. The van der Waals surface area contributed by atoms with Crippen LogP contribution in [0.15, 0.2) is 0 Å². The van der Waals surface area contributed by atoms with E-state index in [4.69, 9.17) is 0 Å². The zero-order valence-electron chi connectivity index (χ0n) is 8.44. The Balaban J connectivity index is 0.00000121. The van der Waals surface area contributed by atoms with Gasteiger partial charge < -0.3 is 5.48 Å². The third-order valence-electron chi connectivity index (χ3n) is 2.94. The van der Waals surface area contributed by atoms with Crippen LogP contribution in [0.2, 0.25) is 0 Å². The van der Waals surface area contributed by atoms with Crippen molar-refractivity contribution in [1.29, 1.82) is 0 Å². The molecule has 0 aromatic rings. The second-order valence-corrected chi connectivity index (χ2v) is 4.00. The molecule has 74 valence electrons.